The molecule has 28 heteroatoms. The summed E-state index contributed by atoms with van der Waals surface area (Å²) in [4.78, 5) is 0. The SMILES string of the molecule is CC[n+]1ccccc1F.CC[n+]1ccccc1F.CC[n+]1ccccc1F.CC[n+]1ccccc1F.CC[n+]1ccccc1F.CC[n+]1ccccc1F.CC[n+]1ccccc1F.CC[n+]1ccccc1F.[O-][B][O-].[O-][B][O-].[O-][B][O-].[O-][B][O-]. The van der Waals surface area contributed by atoms with E-state index < -0.39 is 30.7 Å². The topological polar surface area (TPSA) is 216 Å². The first-order valence-electron chi connectivity index (χ1n) is 25.7. The second kappa shape index (κ2) is 58.8. The number of halogens is 8. The normalized spacial score (nSPS) is 8.86. The van der Waals surface area contributed by atoms with E-state index in [0.717, 1.165) is 0 Å². The van der Waals surface area contributed by atoms with Crippen molar-refractivity contribution < 1.29 is 112 Å². The van der Waals surface area contributed by atoms with Crippen LogP contribution in [0.15, 0.2) is 195 Å². The van der Waals surface area contributed by atoms with Crippen molar-refractivity contribution in [1.82, 2.24) is 0 Å². The van der Waals surface area contributed by atoms with Crippen LogP contribution in [0, 0.1) is 47.6 Å². The molecule has 0 aliphatic heterocycles. The van der Waals surface area contributed by atoms with Crippen molar-refractivity contribution in [3.8, 4) is 0 Å². The van der Waals surface area contributed by atoms with E-state index in [1.807, 2.05) is 104 Å². The van der Waals surface area contributed by atoms with Crippen molar-refractivity contribution in [1.29, 1.82) is 0 Å². The molecule has 16 nitrogen and oxygen atoms in total. The quantitative estimate of drug-likeness (QED) is 0.0719. The van der Waals surface area contributed by atoms with Crippen LogP contribution < -0.4 is 76.7 Å². The summed E-state index contributed by atoms with van der Waals surface area (Å²) in [5.74, 6) is -1.44. The highest BCUT2D eigenvalue weighted by atomic mass is 19.2. The van der Waals surface area contributed by atoms with Crippen molar-refractivity contribution in [3.63, 3.8) is 0 Å². The van der Waals surface area contributed by atoms with Crippen LogP contribution in [0.2, 0.25) is 0 Å². The molecule has 8 rings (SSSR count). The van der Waals surface area contributed by atoms with Crippen LogP contribution in [0.25, 0.3) is 0 Å². The lowest BCUT2D eigenvalue weighted by Gasteiger charge is -2.01. The Bertz CT molecular complexity index is 2250. The molecule has 0 aliphatic carbocycles. The Morgan fingerprint density at radius 1 is 0.214 bits per heavy atom. The molecule has 4 radical (unpaired) electrons. The van der Waals surface area contributed by atoms with E-state index in [2.05, 4.69) is 0 Å². The molecule has 0 saturated heterocycles. The van der Waals surface area contributed by atoms with E-state index >= 15 is 0 Å². The molecule has 0 aromatic carbocycles. The minimum Gasteiger partial charge on any atom is -0.900 e. The predicted molar refractivity (Wildman–Crippen MR) is 281 cm³/mol. The van der Waals surface area contributed by atoms with E-state index in [4.69, 9.17) is 40.2 Å². The van der Waals surface area contributed by atoms with Gasteiger partial charge < -0.3 is 40.2 Å². The number of hydrogen-bond acceptors (Lipinski definition) is 8. The molecule has 0 fully saturated rings. The Balaban J connectivity index is -0.000000424. The van der Waals surface area contributed by atoms with Gasteiger partial charge in [0.15, 0.2) is 49.6 Å². The second-order valence-corrected chi connectivity index (χ2v) is 14.9. The largest absolute Gasteiger partial charge is 0.900 e. The highest BCUT2D eigenvalue weighted by Crippen LogP contribution is 1.91. The summed E-state index contributed by atoms with van der Waals surface area (Å²) in [7, 11) is -2.00. The van der Waals surface area contributed by atoms with Gasteiger partial charge in [-0.25, -0.2) is 30.7 Å². The summed E-state index contributed by atoms with van der Waals surface area (Å²) in [5.41, 5.74) is 0. The maximum absolute atomic E-state index is 12.6. The van der Waals surface area contributed by atoms with Crippen LogP contribution in [0.3, 0.4) is 0 Å². The Morgan fingerprint density at radius 3 is 0.345 bits per heavy atom. The first-order valence-corrected chi connectivity index (χ1v) is 25.7. The third-order valence-corrected chi connectivity index (χ3v) is 9.81. The van der Waals surface area contributed by atoms with E-state index in [9.17, 15) is 35.1 Å². The smallest absolute Gasteiger partial charge is 0.359 e. The number of aromatic nitrogens is 8. The van der Waals surface area contributed by atoms with Gasteiger partial charge in [0.1, 0.15) is 52.4 Å². The monoisotopic (exact) mass is 1180 g/mol. The molecular weight excluding hydrogens is 1110 g/mol. The van der Waals surface area contributed by atoms with Gasteiger partial charge in [-0.3, -0.25) is 0 Å². The molecule has 0 N–H and O–H groups in total. The Hall–Kier alpha value is -7.42. The van der Waals surface area contributed by atoms with Crippen molar-refractivity contribution in [2.24, 2.45) is 0 Å². The van der Waals surface area contributed by atoms with Crippen molar-refractivity contribution >= 4 is 30.7 Å². The fourth-order valence-electron chi connectivity index (χ4n) is 5.70. The van der Waals surface area contributed by atoms with E-state index in [-0.39, 0.29) is 47.6 Å². The van der Waals surface area contributed by atoms with Gasteiger partial charge in [0.05, 0.1) is 0 Å². The van der Waals surface area contributed by atoms with Crippen LogP contribution in [0.1, 0.15) is 55.4 Å². The highest BCUT2D eigenvalue weighted by Gasteiger charge is 2.07. The summed E-state index contributed by atoms with van der Waals surface area (Å²) in [6.07, 6.45) is 13.7. The van der Waals surface area contributed by atoms with Crippen molar-refractivity contribution in [2.75, 3.05) is 0 Å². The molecule has 0 saturated carbocycles. The number of aryl methyl sites for hydroxylation is 8. The maximum atomic E-state index is 12.6. The molecule has 0 aliphatic rings. The highest BCUT2D eigenvalue weighted by molar-refractivity contribution is 6.09. The lowest BCUT2D eigenvalue weighted by molar-refractivity contribution is -0.721. The molecular formula is C56H72B4F8N8O8. The van der Waals surface area contributed by atoms with Crippen LogP contribution >= 0.6 is 0 Å². The average Bonchev–Trinajstić information content (AvgIpc) is 3.51. The summed E-state index contributed by atoms with van der Waals surface area (Å²) in [6, 6.07) is 39.5. The summed E-state index contributed by atoms with van der Waals surface area (Å²) < 4.78 is 113. The fraction of sp³-hybridized carbons (Fsp3) is 0.286. The summed E-state index contributed by atoms with van der Waals surface area (Å²) in [6.45, 7) is 20.7. The maximum Gasteiger partial charge on any atom is 0.359 e. The molecule has 0 unspecified atom stereocenters. The lowest BCUT2D eigenvalue weighted by atomic mass is 10.5. The molecule has 84 heavy (non-hydrogen) atoms. The van der Waals surface area contributed by atoms with Gasteiger partial charge in [-0.2, -0.15) is 36.5 Å². The van der Waals surface area contributed by atoms with E-state index in [1.54, 1.807) is 135 Å². The molecule has 452 valence electrons. The standard InChI is InChI=1S/8C7H9FN.4BO2/c8*1-2-9-6-4-3-5-7(9)8;4*2-1-3/h8*3-6H,2H2,1H3;;;;/q8*+1;4*-2. The fourth-order valence-corrected chi connectivity index (χ4v) is 5.70. The average molecular weight is 1180 g/mol. The molecule has 8 aromatic rings. The minimum absolute atomic E-state index is 0.181. The molecule has 0 atom stereocenters. The molecule has 0 amide bonds. The zero-order valence-corrected chi connectivity index (χ0v) is 48.3. The van der Waals surface area contributed by atoms with Crippen LogP contribution in [0.4, 0.5) is 35.1 Å². The van der Waals surface area contributed by atoms with Gasteiger partial charge in [0, 0.05) is 97.1 Å². The Kier molecular flexibility index (Phi) is 58.1. The van der Waals surface area contributed by atoms with Crippen LogP contribution in [-0.4, -0.2) is 30.7 Å². The minimum atomic E-state index is -0.500. The number of hydrogen-bond donors (Lipinski definition) is 0. The number of rotatable bonds is 8. The third kappa shape index (κ3) is 43.3. The lowest BCUT2D eigenvalue weighted by Crippen LogP contribution is -2.35. The zero-order chi connectivity index (χ0) is 64.4. The Morgan fingerprint density at radius 2 is 0.298 bits per heavy atom. The first-order chi connectivity index (χ1) is 40.4. The van der Waals surface area contributed by atoms with Crippen LogP contribution in [-0.2, 0) is 52.4 Å². The van der Waals surface area contributed by atoms with E-state index in [0.29, 0.717) is 52.4 Å². The molecule has 0 bridgehead atoms. The van der Waals surface area contributed by atoms with Crippen molar-refractivity contribution in [2.45, 2.75) is 108 Å². The summed E-state index contributed by atoms with van der Waals surface area (Å²) >= 11 is 0. The number of pyridine rings is 8. The van der Waals surface area contributed by atoms with Crippen molar-refractivity contribution in [3.05, 3.63) is 243 Å². The van der Waals surface area contributed by atoms with Gasteiger partial charge in [-0.05, 0) is 104 Å². The second-order valence-electron chi connectivity index (χ2n) is 14.9. The zero-order valence-electron chi connectivity index (χ0n) is 48.3. The predicted octanol–water partition coefficient (Wildman–Crippen LogP) is -1.97. The Labute approximate surface area is 491 Å². The first kappa shape index (κ1) is 83.0. The third-order valence-electron chi connectivity index (χ3n) is 9.81. The van der Waals surface area contributed by atoms with Crippen LogP contribution in [0.5, 0.6) is 0 Å². The van der Waals surface area contributed by atoms with Gasteiger partial charge in [-0.15, -0.1) is 35.1 Å². The van der Waals surface area contributed by atoms with Gasteiger partial charge in [0.25, 0.3) is 0 Å². The molecule has 0 spiro atoms. The summed E-state index contributed by atoms with van der Waals surface area (Å²) in [5, 5.41) is 66.0. The van der Waals surface area contributed by atoms with Gasteiger partial charge in [0.2, 0.25) is 0 Å². The molecule has 8 aromatic heterocycles. The van der Waals surface area contributed by atoms with Gasteiger partial charge in [-0.1, -0.05) is 0 Å². The van der Waals surface area contributed by atoms with Gasteiger partial charge >= 0.3 is 47.6 Å². The number of nitrogens with zero attached hydrogens (tertiary/aromatic N) is 8. The molecule has 8 heterocycles. The van der Waals surface area contributed by atoms with E-state index in [1.165, 1.54) is 48.5 Å².